The van der Waals surface area contributed by atoms with E-state index in [0.717, 1.165) is 36.0 Å². The molecule has 2 aliphatic rings. The van der Waals surface area contributed by atoms with E-state index in [9.17, 15) is 4.79 Å². The Bertz CT molecular complexity index is 705. The Kier molecular flexibility index (Phi) is 3.90. The van der Waals surface area contributed by atoms with Crippen molar-refractivity contribution in [2.45, 2.75) is 38.9 Å². The van der Waals surface area contributed by atoms with Gasteiger partial charge in [0.05, 0.1) is 16.4 Å². The first-order valence-electron chi connectivity index (χ1n) is 8.12. The molecule has 2 aromatic heterocycles. The van der Waals surface area contributed by atoms with Crippen molar-refractivity contribution < 1.29 is 4.79 Å². The van der Waals surface area contributed by atoms with Gasteiger partial charge >= 0.3 is 0 Å². The van der Waals surface area contributed by atoms with E-state index in [1.807, 2.05) is 17.7 Å². The largest absolute Gasteiger partial charge is 0.354 e. The number of aromatic nitrogens is 3. The van der Waals surface area contributed by atoms with Crippen LogP contribution in [0.25, 0.3) is 0 Å². The van der Waals surface area contributed by atoms with Crippen LogP contribution in [0.15, 0.2) is 17.6 Å². The van der Waals surface area contributed by atoms with Crippen molar-refractivity contribution in [2.24, 2.45) is 5.92 Å². The number of rotatable bonds is 5. The SMILES string of the molecule is Cc1nc(CN2Cc3ccnn3[C@H](C(=O)NCC3CC3)C2)cs1. The van der Waals surface area contributed by atoms with E-state index in [2.05, 4.69) is 25.7 Å². The fourth-order valence-electron chi connectivity index (χ4n) is 3.07. The fraction of sp³-hybridized carbons (Fsp3) is 0.562. The lowest BCUT2D eigenvalue weighted by Gasteiger charge is -2.32. The molecule has 122 valence electrons. The van der Waals surface area contributed by atoms with Gasteiger partial charge in [0, 0.05) is 37.8 Å². The van der Waals surface area contributed by atoms with Crippen LogP contribution in [-0.2, 0) is 17.9 Å². The standard InChI is InChI=1S/C16H21N5OS/c1-11-19-13(10-23-11)7-20-8-14-4-5-18-21(14)15(9-20)16(22)17-6-12-2-3-12/h4-5,10,12,15H,2-3,6-9H2,1H3,(H,17,22)/t15-/m0/s1. The molecule has 0 radical (unpaired) electrons. The second kappa shape index (κ2) is 6.05. The van der Waals surface area contributed by atoms with Crippen LogP contribution in [0.1, 0.15) is 35.3 Å². The third-order valence-corrected chi connectivity index (χ3v) is 5.30. The Morgan fingerprint density at radius 3 is 3.09 bits per heavy atom. The predicted octanol–water partition coefficient (Wildman–Crippen LogP) is 1.73. The molecule has 1 amide bonds. The summed E-state index contributed by atoms with van der Waals surface area (Å²) in [6, 6.07) is 1.76. The second-order valence-electron chi connectivity index (χ2n) is 6.50. The van der Waals surface area contributed by atoms with Gasteiger partial charge in [0.2, 0.25) is 5.91 Å². The van der Waals surface area contributed by atoms with Crippen LogP contribution in [0, 0.1) is 12.8 Å². The maximum Gasteiger partial charge on any atom is 0.246 e. The van der Waals surface area contributed by atoms with Crippen molar-refractivity contribution in [3.05, 3.63) is 34.0 Å². The summed E-state index contributed by atoms with van der Waals surface area (Å²) in [7, 11) is 0. The summed E-state index contributed by atoms with van der Waals surface area (Å²) in [5.41, 5.74) is 2.17. The average Bonchev–Trinajstić information content (AvgIpc) is 3.10. The van der Waals surface area contributed by atoms with Crippen LogP contribution in [-0.4, -0.2) is 38.7 Å². The Morgan fingerprint density at radius 2 is 2.35 bits per heavy atom. The molecular weight excluding hydrogens is 310 g/mol. The smallest absolute Gasteiger partial charge is 0.246 e. The van der Waals surface area contributed by atoms with Crippen LogP contribution in [0.4, 0.5) is 0 Å². The van der Waals surface area contributed by atoms with Gasteiger partial charge < -0.3 is 5.32 Å². The lowest BCUT2D eigenvalue weighted by molar-refractivity contribution is -0.126. The first-order chi connectivity index (χ1) is 11.2. The number of hydrogen-bond donors (Lipinski definition) is 1. The van der Waals surface area contributed by atoms with Crippen molar-refractivity contribution in [3.8, 4) is 0 Å². The van der Waals surface area contributed by atoms with Gasteiger partial charge in [-0.05, 0) is 31.7 Å². The molecule has 0 unspecified atom stereocenters. The van der Waals surface area contributed by atoms with Gasteiger partial charge in [-0.15, -0.1) is 11.3 Å². The average molecular weight is 331 g/mol. The summed E-state index contributed by atoms with van der Waals surface area (Å²) in [6.45, 7) is 5.09. The minimum Gasteiger partial charge on any atom is -0.354 e. The number of carbonyl (C=O) groups excluding carboxylic acids is 1. The van der Waals surface area contributed by atoms with Crippen molar-refractivity contribution in [1.29, 1.82) is 0 Å². The van der Waals surface area contributed by atoms with Gasteiger partial charge in [0.1, 0.15) is 6.04 Å². The minimum absolute atomic E-state index is 0.0843. The van der Waals surface area contributed by atoms with Crippen LogP contribution in [0.2, 0.25) is 0 Å². The minimum atomic E-state index is -0.243. The first-order valence-corrected chi connectivity index (χ1v) is 9.00. The molecular formula is C16H21N5OS. The number of hydrogen-bond acceptors (Lipinski definition) is 5. The molecule has 7 heteroatoms. The zero-order valence-electron chi connectivity index (χ0n) is 13.2. The van der Waals surface area contributed by atoms with E-state index < -0.39 is 0 Å². The Balaban J connectivity index is 1.47. The summed E-state index contributed by atoms with van der Waals surface area (Å²) < 4.78 is 1.88. The zero-order valence-corrected chi connectivity index (χ0v) is 14.1. The molecule has 0 spiro atoms. The van der Waals surface area contributed by atoms with E-state index in [-0.39, 0.29) is 11.9 Å². The first kappa shape index (κ1) is 14.8. The summed E-state index contributed by atoms with van der Waals surface area (Å²) in [5, 5.41) is 10.6. The molecule has 0 aromatic carbocycles. The lowest BCUT2D eigenvalue weighted by atomic mass is 10.1. The maximum absolute atomic E-state index is 12.6. The molecule has 3 heterocycles. The number of fused-ring (bicyclic) bond motifs is 1. The van der Waals surface area contributed by atoms with Crippen molar-refractivity contribution in [2.75, 3.05) is 13.1 Å². The molecule has 23 heavy (non-hydrogen) atoms. The normalized spacial score (nSPS) is 21.2. The predicted molar refractivity (Wildman–Crippen MR) is 88.0 cm³/mol. The van der Waals surface area contributed by atoms with Gasteiger partial charge in [-0.25, -0.2) is 4.98 Å². The molecule has 1 atom stereocenters. The Hall–Kier alpha value is -1.73. The Labute approximate surface area is 139 Å². The molecule has 1 N–H and O–H groups in total. The number of carbonyl (C=O) groups is 1. The molecule has 6 nitrogen and oxygen atoms in total. The molecule has 0 saturated heterocycles. The highest BCUT2D eigenvalue weighted by atomic mass is 32.1. The van der Waals surface area contributed by atoms with Crippen molar-refractivity contribution in [1.82, 2.24) is 25.0 Å². The highest BCUT2D eigenvalue weighted by Crippen LogP contribution is 2.28. The number of amides is 1. The summed E-state index contributed by atoms with van der Waals surface area (Å²) in [6.07, 6.45) is 4.27. The number of aryl methyl sites for hydroxylation is 1. The van der Waals surface area contributed by atoms with Gasteiger partial charge in [-0.1, -0.05) is 0 Å². The second-order valence-corrected chi connectivity index (χ2v) is 7.56. The molecule has 1 aliphatic heterocycles. The van der Waals surface area contributed by atoms with E-state index in [0.29, 0.717) is 12.5 Å². The van der Waals surface area contributed by atoms with Crippen LogP contribution in [0.5, 0.6) is 0 Å². The van der Waals surface area contributed by atoms with Crippen LogP contribution < -0.4 is 5.32 Å². The third-order valence-electron chi connectivity index (χ3n) is 4.48. The van der Waals surface area contributed by atoms with Gasteiger partial charge in [-0.2, -0.15) is 5.10 Å². The maximum atomic E-state index is 12.6. The zero-order chi connectivity index (χ0) is 15.8. The van der Waals surface area contributed by atoms with Gasteiger partial charge in [0.15, 0.2) is 0 Å². The molecule has 1 aliphatic carbocycles. The van der Waals surface area contributed by atoms with Crippen LogP contribution >= 0.6 is 11.3 Å². The summed E-state index contributed by atoms with van der Waals surface area (Å²) >= 11 is 1.67. The monoisotopic (exact) mass is 331 g/mol. The third kappa shape index (κ3) is 3.30. The number of thiazole rings is 1. The summed E-state index contributed by atoms with van der Waals surface area (Å²) in [4.78, 5) is 19.4. The van der Waals surface area contributed by atoms with Crippen molar-refractivity contribution >= 4 is 17.2 Å². The molecule has 1 saturated carbocycles. The molecule has 0 bridgehead atoms. The number of nitrogens with one attached hydrogen (secondary N) is 1. The van der Waals surface area contributed by atoms with E-state index >= 15 is 0 Å². The Morgan fingerprint density at radius 1 is 1.48 bits per heavy atom. The molecule has 1 fully saturated rings. The van der Waals surface area contributed by atoms with Gasteiger partial charge in [-0.3, -0.25) is 14.4 Å². The van der Waals surface area contributed by atoms with Crippen LogP contribution in [0.3, 0.4) is 0 Å². The van der Waals surface area contributed by atoms with Crippen molar-refractivity contribution in [3.63, 3.8) is 0 Å². The quantitative estimate of drug-likeness (QED) is 0.906. The van der Waals surface area contributed by atoms with E-state index in [1.165, 1.54) is 12.8 Å². The highest BCUT2D eigenvalue weighted by Gasteiger charge is 2.32. The highest BCUT2D eigenvalue weighted by molar-refractivity contribution is 7.09. The fourth-order valence-corrected chi connectivity index (χ4v) is 3.68. The van der Waals surface area contributed by atoms with E-state index in [4.69, 9.17) is 0 Å². The number of nitrogens with zero attached hydrogens (tertiary/aromatic N) is 4. The van der Waals surface area contributed by atoms with Gasteiger partial charge in [0.25, 0.3) is 0 Å². The summed E-state index contributed by atoms with van der Waals surface area (Å²) in [5.74, 6) is 0.773. The molecule has 2 aromatic rings. The molecule has 4 rings (SSSR count). The lowest BCUT2D eigenvalue weighted by Crippen LogP contribution is -2.45. The van der Waals surface area contributed by atoms with E-state index in [1.54, 1.807) is 17.5 Å². The topological polar surface area (TPSA) is 63.1 Å².